The summed E-state index contributed by atoms with van der Waals surface area (Å²) in [6.07, 6.45) is 0. The van der Waals surface area contributed by atoms with E-state index in [1.807, 2.05) is 44.2 Å². The molecular formula is C28H32FN3O4S. The van der Waals surface area contributed by atoms with Crippen LogP contribution in [0.15, 0.2) is 89.8 Å². The molecule has 3 rings (SSSR count). The van der Waals surface area contributed by atoms with Gasteiger partial charge in [-0.05, 0) is 54.8 Å². The summed E-state index contributed by atoms with van der Waals surface area (Å²) in [6.45, 7) is 5.59. The molecule has 1 N–H and O–H groups in total. The van der Waals surface area contributed by atoms with E-state index in [4.69, 9.17) is 0 Å². The Morgan fingerprint density at radius 1 is 0.865 bits per heavy atom. The van der Waals surface area contributed by atoms with Crippen LogP contribution >= 0.6 is 0 Å². The standard InChI is InChI=1S/C28H32FN3O4S/c1-21(2)18-30-28(34)22(3)31(19-23-10-6-4-7-11-23)27(33)20-32(25-12-8-5-9-13-25)37(35,36)26-16-14-24(29)15-17-26/h4-17,21-22H,18-20H2,1-3H3,(H,30,34)/t22-/m0/s1. The molecule has 9 heteroatoms. The highest BCUT2D eigenvalue weighted by molar-refractivity contribution is 7.92. The largest absolute Gasteiger partial charge is 0.354 e. The Hall–Kier alpha value is -3.72. The van der Waals surface area contributed by atoms with Crippen LogP contribution < -0.4 is 9.62 Å². The second-order valence-corrected chi connectivity index (χ2v) is 11.0. The van der Waals surface area contributed by atoms with Gasteiger partial charge in [-0.3, -0.25) is 13.9 Å². The second kappa shape index (κ2) is 12.5. The zero-order valence-electron chi connectivity index (χ0n) is 21.2. The zero-order chi connectivity index (χ0) is 27.0. The maximum Gasteiger partial charge on any atom is 0.264 e. The summed E-state index contributed by atoms with van der Waals surface area (Å²) in [5.74, 6) is -1.23. The maximum atomic E-state index is 13.7. The van der Waals surface area contributed by atoms with Crippen molar-refractivity contribution in [3.05, 3.63) is 96.3 Å². The van der Waals surface area contributed by atoms with E-state index in [2.05, 4.69) is 5.32 Å². The van der Waals surface area contributed by atoms with Gasteiger partial charge in [0.05, 0.1) is 10.6 Å². The van der Waals surface area contributed by atoms with Crippen molar-refractivity contribution < 1.29 is 22.4 Å². The number of para-hydroxylation sites is 1. The predicted molar refractivity (Wildman–Crippen MR) is 142 cm³/mol. The van der Waals surface area contributed by atoms with E-state index >= 15 is 0 Å². The van der Waals surface area contributed by atoms with E-state index in [-0.39, 0.29) is 29.0 Å². The fourth-order valence-corrected chi connectivity index (χ4v) is 5.09. The fraction of sp³-hybridized carbons (Fsp3) is 0.286. The molecule has 0 bridgehead atoms. The summed E-state index contributed by atoms with van der Waals surface area (Å²) in [6, 6.07) is 21.0. The molecule has 0 aliphatic rings. The number of hydrogen-bond donors (Lipinski definition) is 1. The highest BCUT2D eigenvalue weighted by Crippen LogP contribution is 2.24. The molecule has 37 heavy (non-hydrogen) atoms. The first kappa shape index (κ1) is 27.9. The lowest BCUT2D eigenvalue weighted by molar-refractivity contribution is -0.139. The van der Waals surface area contributed by atoms with Crippen molar-refractivity contribution in [2.24, 2.45) is 5.92 Å². The Morgan fingerprint density at radius 3 is 2.00 bits per heavy atom. The minimum Gasteiger partial charge on any atom is -0.354 e. The predicted octanol–water partition coefficient (Wildman–Crippen LogP) is 4.21. The molecule has 0 saturated heterocycles. The van der Waals surface area contributed by atoms with Gasteiger partial charge in [-0.15, -0.1) is 0 Å². The molecule has 0 aliphatic heterocycles. The Kier molecular flexibility index (Phi) is 9.41. The average Bonchev–Trinajstić information content (AvgIpc) is 2.89. The number of hydrogen-bond acceptors (Lipinski definition) is 4. The first-order valence-electron chi connectivity index (χ1n) is 12.0. The van der Waals surface area contributed by atoms with Crippen molar-refractivity contribution >= 4 is 27.5 Å². The molecule has 0 spiro atoms. The van der Waals surface area contributed by atoms with Crippen LogP contribution in [0.3, 0.4) is 0 Å². The van der Waals surface area contributed by atoms with E-state index < -0.39 is 34.3 Å². The van der Waals surface area contributed by atoms with Crippen molar-refractivity contribution in [2.75, 3.05) is 17.4 Å². The van der Waals surface area contributed by atoms with Gasteiger partial charge in [-0.2, -0.15) is 0 Å². The van der Waals surface area contributed by atoms with Gasteiger partial charge in [0, 0.05) is 13.1 Å². The molecule has 0 aliphatic carbocycles. The van der Waals surface area contributed by atoms with Gasteiger partial charge >= 0.3 is 0 Å². The van der Waals surface area contributed by atoms with E-state index in [0.717, 1.165) is 34.1 Å². The normalized spacial score (nSPS) is 12.1. The SMILES string of the molecule is CC(C)CNC(=O)[C@H](C)N(Cc1ccccc1)C(=O)CN(c1ccccc1)S(=O)(=O)c1ccc(F)cc1. The number of benzene rings is 3. The molecule has 3 aromatic carbocycles. The lowest BCUT2D eigenvalue weighted by atomic mass is 10.1. The summed E-state index contributed by atoms with van der Waals surface area (Å²) in [5, 5.41) is 2.85. The molecule has 7 nitrogen and oxygen atoms in total. The zero-order valence-corrected chi connectivity index (χ0v) is 22.0. The quantitative estimate of drug-likeness (QED) is 0.406. The Morgan fingerprint density at radius 2 is 1.43 bits per heavy atom. The Labute approximate surface area is 218 Å². The molecule has 3 aromatic rings. The number of halogens is 1. The number of rotatable bonds is 11. The number of sulfonamides is 1. The number of anilines is 1. The molecule has 0 radical (unpaired) electrons. The fourth-order valence-electron chi connectivity index (χ4n) is 3.67. The van der Waals surface area contributed by atoms with Crippen LogP contribution in [0.2, 0.25) is 0 Å². The summed E-state index contributed by atoms with van der Waals surface area (Å²) in [7, 11) is -4.22. The smallest absolute Gasteiger partial charge is 0.264 e. The van der Waals surface area contributed by atoms with Crippen LogP contribution in [0, 0.1) is 11.7 Å². The first-order chi connectivity index (χ1) is 17.6. The molecule has 1 atom stereocenters. The third-order valence-electron chi connectivity index (χ3n) is 5.77. The Bertz CT molecular complexity index is 1280. The van der Waals surface area contributed by atoms with Crippen LogP contribution in [0.4, 0.5) is 10.1 Å². The summed E-state index contributed by atoms with van der Waals surface area (Å²) >= 11 is 0. The van der Waals surface area contributed by atoms with Crippen molar-refractivity contribution in [2.45, 2.75) is 38.3 Å². The van der Waals surface area contributed by atoms with Gasteiger partial charge in [0.15, 0.2) is 0 Å². The van der Waals surface area contributed by atoms with E-state index in [1.54, 1.807) is 37.3 Å². The van der Waals surface area contributed by atoms with Gasteiger partial charge in [0.1, 0.15) is 18.4 Å². The molecule has 196 valence electrons. The van der Waals surface area contributed by atoms with Gasteiger partial charge < -0.3 is 10.2 Å². The van der Waals surface area contributed by atoms with Crippen LogP contribution in [-0.4, -0.2) is 44.3 Å². The molecule has 0 unspecified atom stereocenters. The topological polar surface area (TPSA) is 86.8 Å². The molecule has 0 aromatic heterocycles. The first-order valence-corrected chi connectivity index (χ1v) is 13.5. The number of carbonyl (C=O) groups excluding carboxylic acids is 2. The van der Waals surface area contributed by atoms with Crippen molar-refractivity contribution in [3.63, 3.8) is 0 Å². The minimum absolute atomic E-state index is 0.120. The summed E-state index contributed by atoms with van der Waals surface area (Å²) in [5.41, 5.74) is 1.07. The third kappa shape index (κ3) is 7.39. The number of carbonyl (C=O) groups is 2. The van der Waals surface area contributed by atoms with E-state index in [1.165, 1.54) is 4.90 Å². The number of nitrogens with zero attached hydrogens (tertiary/aromatic N) is 2. The summed E-state index contributed by atoms with van der Waals surface area (Å²) < 4.78 is 41.7. The van der Waals surface area contributed by atoms with Crippen molar-refractivity contribution in [1.82, 2.24) is 10.2 Å². The molecule has 0 heterocycles. The van der Waals surface area contributed by atoms with Gasteiger partial charge in [0.2, 0.25) is 11.8 Å². The molecular weight excluding hydrogens is 493 g/mol. The monoisotopic (exact) mass is 525 g/mol. The van der Waals surface area contributed by atoms with E-state index in [0.29, 0.717) is 6.54 Å². The van der Waals surface area contributed by atoms with Crippen LogP contribution in [0.25, 0.3) is 0 Å². The van der Waals surface area contributed by atoms with E-state index in [9.17, 15) is 22.4 Å². The van der Waals surface area contributed by atoms with Crippen molar-refractivity contribution in [3.8, 4) is 0 Å². The molecule has 0 fully saturated rings. The highest BCUT2D eigenvalue weighted by Gasteiger charge is 2.32. The molecule has 2 amide bonds. The van der Waals surface area contributed by atoms with Crippen LogP contribution in [-0.2, 0) is 26.2 Å². The van der Waals surface area contributed by atoms with Gasteiger partial charge in [0.25, 0.3) is 10.0 Å². The second-order valence-electron chi connectivity index (χ2n) is 9.12. The van der Waals surface area contributed by atoms with Gasteiger partial charge in [-0.25, -0.2) is 12.8 Å². The number of amides is 2. The van der Waals surface area contributed by atoms with Crippen LogP contribution in [0.1, 0.15) is 26.3 Å². The lowest BCUT2D eigenvalue weighted by Crippen LogP contribution is -2.51. The highest BCUT2D eigenvalue weighted by atomic mass is 32.2. The van der Waals surface area contributed by atoms with Crippen LogP contribution in [0.5, 0.6) is 0 Å². The summed E-state index contributed by atoms with van der Waals surface area (Å²) in [4.78, 5) is 27.9. The van der Waals surface area contributed by atoms with Gasteiger partial charge in [-0.1, -0.05) is 62.4 Å². The third-order valence-corrected chi connectivity index (χ3v) is 7.56. The maximum absolute atomic E-state index is 13.7. The Balaban J connectivity index is 1.97. The minimum atomic E-state index is -4.22. The number of nitrogens with one attached hydrogen (secondary N) is 1. The lowest BCUT2D eigenvalue weighted by Gasteiger charge is -2.32. The van der Waals surface area contributed by atoms with Crippen molar-refractivity contribution in [1.29, 1.82) is 0 Å². The molecule has 0 saturated carbocycles. The average molecular weight is 526 g/mol.